The van der Waals surface area contributed by atoms with Crippen LogP contribution in [0.3, 0.4) is 0 Å². The second-order valence-electron chi connectivity index (χ2n) is 4.33. The Morgan fingerprint density at radius 1 is 1.05 bits per heavy atom. The number of fused-ring (bicyclic) bond motifs is 1. The number of pyridine rings is 1. The van der Waals surface area contributed by atoms with E-state index in [0.717, 1.165) is 28.1 Å². The summed E-state index contributed by atoms with van der Waals surface area (Å²) in [4.78, 5) is 4.29. The highest BCUT2D eigenvalue weighted by atomic mass is 16.3. The van der Waals surface area contributed by atoms with Crippen LogP contribution in [-0.2, 0) is 0 Å². The Morgan fingerprint density at radius 3 is 2.50 bits per heavy atom. The number of aryl methyl sites for hydroxylation is 1. The summed E-state index contributed by atoms with van der Waals surface area (Å²) in [7, 11) is 1.85. The summed E-state index contributed by atoms with van der Waals surface area (Å²) < 4.78 is 5.82. The predicted molar refractivity (Wildman–Crippen MR) is 85.1 cm³/mol. The SMILES string of the molecule is CC.CNc1ccc(-c2cc3cc(C)ccc3o2)cn1. The van der Waals surface area contributed by atoms with Gasteiger partial charge >= 0.3 is 0 Å². The first-order valence-corrected chi connectivity index (χ1v) is 6.90. The number of benzene rings is 1. The van der Waals surface area contributed by atoms with Crippen LogP contribution in [0.5, 0.6) is 0 Å². The number of furan rings is 1. The fourth-order valence-electron chi connectivity index (χ4n) is 1.99. The molecule has 20 heavy (non-hydrogen) atoms. The first kappa shape index (κ1) is 14.1. The number of nitrogens with one attached hydrogen (secondary N) is 1. The van der Waals surface area contributed by atoms with Crippen molar-refractivity contribution in [3.8, 4) is 11.3 Å². The molecular weight excluding hydrogens is 248 g/mol. The highest BCUT2D eigenvalue weighted by Gasteiger charge is 2.06. The summed E-state index contributed by atoms with van der Waals surface area (Å²) >= 11 is 0. The van der Waals surface area contributed by atoms with E-state index in [-0.39, 0.29) is 0 Å². The van der Waals surface area contributed by atoms with E-state index in [4.69, 9.17) is 4.42 Å². The van der Waals surface area contributed by atoms with E-state index in [0.29, 0.717) is 0 Å². The Hall–Kier alpha value is -2.29. The maximum atomic E-state index is 5.82. The van der Waals surface area contributed by atoms with Crippen LogP contribution in [0.1, 0.15) is 19.4 Å². The molecule has 0 aliphatic carbocycles. The first-order chi connectivity index (χ1) is 9.76. The molecule has 0 spiro atoms. The van der Waals surface area contributed by atoms with E-state index in [1.54, 1.807) is 0 Å². The van der Waals surface area contributed by atoms with Crippen molar-refractivity contribution in [3.05, 3.63) is 48.2 Å². The predicted octanol–water partition coefficient (Wildman–Crippen LogP) is 4.87. The molecule has 0 aliphatic heterocycles. The average Bonchev–Trinajstić information content (AvgIpc) is 2.92. The number of hydrogen-bond donors (Lipinski definition) is 1. The van der Waals surface area contributed by atoms with E-state index in [9.17, 15) is 0 Å². The molecule has 0 atom stereocenters. The van der Waals surface area contributed by atoms with Gasteiger partial charge in [0.25, 0.3) is 0 Å². The summed E-state index contributed by atoms with van der Waals surface area (Å²) in [5.74, 6) is 1.71. The average molecular weight is 268 g/mol. The zero-order valence-corrected chi connectivity index (χ0v) is 12.4. The van der Waals surface area contributed by atoms with E-state index < -0.39 is 0 Å². The van der Waals surface area contributed by atoms with Crippen LogP contribution in [0.25, 0.3) is 22.3 Å². The minimum atomic E-state index is 0.853. The third kappa shape index (κ3) is 2.82. The molecule has 2 aromatic heterocycles. The van der Waals surface area contributed by atoms with Crippen molar-refractivity contribution in [3.63, 3.8) is 0 Å². The number of hydrogen-bond acceptors (Lipinski definition) is 3. The fourth-order valence-corrected chi connectivity index (χ4v) is 1.99. The van der Waals surface area contributed by atoms with Gasteiger partial charge in [-0.15, -0.1) is 0 Å². The monoisotopic (exact) mass is 268 g/mol. The van der Waals surface area contributed by atoms with Crippen molar-refractivity contribution in [2.75, 3.05) is 12.4 Å². The van der Waals surface area contributed by atoms with Gasteiger partial charge in [-0.1, -0.05) is 25.5 Å². The Labute approximate surface area is 119 Å². The van der Waals surface area contributed by atoms with Crippen molar-refractivity contribution >= 4 is 16.8 Å². The number of aromatic nitrogens is 1. The van der Waals surface area contributed by atoms with Gasteiger partial charge in [0.05, 0.1) is 0 Å². The van der Waals surface area contributed by atoms with Crippen molar-refractivity contribution in [2.24, 2.45) is 0 Å². The third-order valence-electron chi connectivity index (χ3n) is 2.98. The molecule has 3 nitrogen and oxygen atoms in total. The molecule has 0 saturated carbocycles. The molecular formula is C17H20N2O. The fraction of sp³-hybridized carbons (Fsp3) is 0.235. The molecule has 0 aliphatic rings. The van der Waals surface area contributed by atoms with Crippen LogP contribution in [0, 0.1) is 6.92 Å². The van der Waals surface area contributed by atoms with Crippen LogP contribution < -0.4 is 5.32 Å². The molecule has 1 aromatic carbocycles. The Morgan fingerprint density at radius 2 is 1.85 bits per heavy atom. The zero-order valence-electron chi connectivity index (χ0n) is 12.4. The number of anilines is 1. The number of rotatable bonds is 2. The highest BCUT2D eigenvalue weighted by Crippen LogP contribution is 2.28. The van der Waals surface area contributed by atoms with Crippen LogP contribution in [0.4, 0.5) is 5.82 Å². The summed E-state index contributed by atoms with van der Waals surface area (Å²) in [6, 6.07) is 12.2. The third-order valence-corrected chi connectivity index (χ3v) is 2.98. The molecule has 0 fully saturated rings. The van der Waals surface area contributed by atoms with Gasteiger partial charge < -0.3 is 9.73 Å². The summed E-state index contributed by atoms with van der Waals surface area (Å²) in [6.07, 6.45) is 1.82. The molecule has 0 unspecified atom stereocenters. The van der Waals surface area contributed by atoms with Gasteiger partial charge in [-0.3, -0.25) is 0 Å². The van der Waals surface area contributed by atoms with E-state index in [2.05, 4.69) is 35.4 Å². The van der Waals surface area contributed by atoms with Gasteiger partial charge in [0.1, 0.15) is 17.2 Å². The minimum Gasteiger partial charge on any atom is -0.456 e. The number of nitrogens with zero attached hydrogens (tertiary/aromatic N) is 1. The Kier molecular flexibility index (Phi) is 4.41. The molecule has 3 heteroatoms. The lowest BCUT2D eigenvalue weighted by Crippen LogP contribution is -1.90. The van der Waals surface area contributed by atoms with E-state index >= 15 is 0 Å². The van der Waals surface area contributed by atoms with Crippen molar-refractivity contribution in [2.45, 2.75) is 20.8 Å². The molecule has 3 rings (SSSR count). The highest BCUT2D eigenvalue weighted by molar-refractivity contribution is 5.83. The lowest BCUT2D eigenvalue weighted by atomic mass is 10.1. The molecule has 3 aromatic rings. The zero-order chi connectivity index (χ0) is 14.5. The van der Waals surface area contributed by atoms with Crippen molar-refractivity contribution < 1.29 is 4.42 Å². The maximum Gasteiger partial charge on any atom is 0.136 e. The first-order valence-electron chi connectivity index (χ1n) is 6.90. The largest absolute Gasteiger partial charge is 0.456 e. The smallest absolute Gasteiger partial charge is 0.136 e. The molecule has 0 radical (unpaired) electrons. The molecule has 0 bridgehead atoms. The lowest BCUT2D eigenvalue weighted by molar-refractivity contribution is 0.631. The molecule has 0 saturated heterocycles. The maximum absolute atomic E-state index is 5.82. The van der Waals surface area contributed by atoms with Crippen LogP contribution in [0.2, 0.25) is 0 Å². The van der Waals surface area contributed by atoms with Gasteiger partial charge in [0.15, 0.2) is 0 Å². The van der Waals surface area contributed by atoms with Gasteiger partial charge in [-0.05, 0) is 37.3 Å². The molecule has 1 N–H and O–H groups in total. The van der Waals surface area contributed by atoms with Gasteiger partial charge in [-0.2, -0.15) is 0 Å². The Balaban J connectivity index is 0.000000704. The van der Waals surface area contributed by atoms with Crippen molar-refractivity contribution in [1.82, 2.24) is 4.98 Å². The van der Waals surface area contributed by atoms with Crippen molar-refractivity contribution in [1.29, 1.82) is 0 Å². The van der Waals surface area contributed by atoms with Gasteiger partial charge in [0, 0.05) is 24.2 Å². The van der Waals surface area contributed by atoms with E-state index in [1.165, 1.54) is 5.56 Å². The lowest BCUT2D eigenvalue weighted by Gasteiger charge is -1.99. The Bertz CT molecular complexity index is 684. The normalized spacial score (nSPS) is 10.0. The summed E-state index contributed by atoms with van der Waals surface area (Å²) in [5.41, 5.74) is 3.13. The standard InChI is InChI=1S/C15H14N2O.C2H6/c1-10-3-5-13-12(7-10)8-14(18-13)11-4-6-15(16-2)17-9-11;1-2/h3-9H,1-2H3,(H,16,17);1-2H3. The minimum absolute atomic E-state index is 0.853. The van der Waals surface area contributed by atoms with Crippen LogP contribution >= 0.6 is 0 Å². The topological polar surface area (TPSA) is 38.1 Å². The quantitative estimate of drug-likeness (QED) is 0.720. The molecule has 2 heterocycles. The molecule has 104 valence electrons. The summed E-state index contributed by atoms with van der Waals surface area (Å²) in [6.45, 7) is 6.08. The second-order valence-corrected chi connectivity index (χ2v) is 4.33. The van der Waals surface area contributed by atoms with Crippen LogP contribution in [-0.4, -0.2) is 12.0 Å². The summed E-state index contributed by atoms with van der Waals surface area (Å²) in [5, 5.41) is 4.13. The van der Waals surface area contributed by atoms with Gasteiger partial charge in [-0.25, -0.2) is 4.98 Å². The second kappa shape index (κ2) is 6.24. The van der Waals surface area contributed by atoms with E-state index in [1.807, 2.05) is 45.3 Å². The molecule has 0 amide bonds. The van der Waals surface area contributed by atoms with Crippen LogP contribution in [0.15, 0.2) is 47.0 Å². The van der Waals surface area contributed by atoms with Gasteiger partial charge in [0.2, 0.25) is 0 Å².